The second-order valence-electron chi connectivity index (χ2n) is 8.97. The van der Waals surface area contributed by atoms with Gasteiger partial charge in [0.05, 0.1) is 23.6 Å². The van der Waals surface area contributed by atoms with Crippen molar-refractivity contribution in [1.29, 1.82) is 5.26 Å². The molecule has 1 atom stereocenters. The molecule has 1 aromatic heterocycles. The zero-order valence-electron chi connectivity index (χ0n) is 15.1. The van der Waals surface area contributed by atoms with E-state index in [0.717, 1.165) is 50.0 Å². The lowest BCUT2D eigenvalue weighted by atomic mass is 9.49. The number of aromatic nitrogens is 1. The van der Waals surface area contributed by atoms with Gasteiger partial charge in [0.2, 0.25) is 11.8 Å². The number of ether oxygens (including phenoxy) is 1. The summed E-state index contributed by atoms with van der Waals surface area (Å²) in [6.45, 7) is 1.43. The van der Waals surface area contributed by atoms with E-state index in [4.69, 9.17) is 10.00 Å². The number of carbonyl (C=O) groups is 1. The number of hydrogen-bond acceptors (Lipinski definition) is 4. The fourth-order valence-electron chi connectivity index (χ4n) is 6.43. The minimum Gasteiger partial charge on any atom is -0.472 e. The standard InChI is InChI=1S/C21H25N3O2/c22-12-14-1-3-23-19(8-14)26-18-2-4-24(13-18)20(25)21-9-15-5-16(10-21)7-17(6-15)11-21/h1,3,8,15-18H,2,4-7,9-11,13H2. The Morgan fingerprint density at radius 2 is 1.92 bits per heavy atom. The van der Waals surface area contributed by atoms with Crippen molar-refractivity contribution < 1.29 is 9.53 Å². The van der Waals surface area contributed by atoms with E-state index >= 15 is 0 Å². The highest BCUT2D eigenvalue weighted by Gasteiger charge is 2.56. The van der Waals surface area contributed by atoms with Crippen molar-refractivity contribution >= 4 is 5.91 Å². The molecule has 1 aliphatic heterocycles. The van der Waals surface area contributed by atoms with Crippen molar-refractivity contribution in [2.24, 2.45) is 23.2 Å². The van der Waals surface area contributed by atoms with Gasteiger partial charge in [-0.05, 0) is 62.3 Å². The van der Waals surface area contributed by atoms with E-state index in [-0.39, 0.29) is 11.5 Å². The van der Waals surface area contributed by atoms with Gasteiger partial charge in [0.15, 0.2) is 0 Å². The largest absolute Gasteiger partial charge is 0.472 e. The molecule has 1 aromatic rings. The molecule has 2 heterocycles. The first-order chi connectivity index (χ1) is 12.6. The molecule has 5 heteroatoms. The highest BCUT2D eigenvalue weighted by atomic mass is 16.5. The van der Waals surface area contributed by atoms with E-state index in [0.29, 0.717) is 23.9 Å². The number of likely N-dealkylation sites (tertiary alicyclic amines) is 1. The van der Waals surface area contributed by atoms with Gasteiger partial charge in [-0.3, -0.25) is 4.79 Å². The number of nitrogens with zero attached hydrogens (tertiary/aromatic N) is 3. The minimum absolute atomic E-state index is 0.0192. The predicted octanol–water partition coefficient (Wildman–Crippen LogP) is 3.15. The fraction of sp³-hybridized carbons (Fsp3) is 0.667. The summed E-state index contributed by atoms with van der Waals surface area (Å²) in [5, 5.41) is 9.00. The summed E-state index contributed by atoms with van der Waals surface area (Å²) in [4.78, 5) is 19.7. The van der Waals surface area contributed by atoms with Crippen LogP contribution < -0.4 is 4.74 Å². The Bertz CT molecular complexity index is 733. The summed E-state index contributed by atoms with van der Waals surface area (Å²) in [6.07, 6.45) is 9.85. The van der Waals surface area contributed by atoms with E-state index in [1.54, 1.807) is 18.3 Å². The number of nitriles is 1. The molecule has 1 amide bonds. The van der Waals surface area contributed by atoms with Crippen LogP contribution in [0.3, 0.4) is 0 Å². The van der Waals surface area contributed by atoms with Gasteiger partial charge in [-0.2, -0.15) is 5.26 Å². The molecule has 0 spiro atoms. The lowest BCUT2D eigenvalue weighted by Gasteiger charge is -2.56. The number of amides is 1. The van der Waals surface area contributed by atoms with Gasteiger partial charge < -0.3 is 9.64 Å². The van der Waals surface area contributed by atoms with Gasteiger partial charge in [0.1, 0.15) is 6.10 Å². The Morgan fingerprint density at radius 3 is 2.58 bits per heavy atom. The smallest absolute Gasteiger partial charge is 0.228 e. The maximum atomic E-state index is 13.4. The fourth-order valence-corrected chi connectivity index (χ4v) is 6.43. The van der Waals surface area contributed by atoms with Gasteiger partial charge >= 0.3 is 0 Å². The lowest BCUT2D eigenvalue weighted by Crippen LogP contribution is -2.54. The Kier molecular flexibility index (Phi) is 3.70. The zero-order chi connectivity index (χ0) is 17.7. The molecule has 5 fully saturated rings. The first-order valence-electron chi connectivity index (χ1n) is 9.96. The Balaban J connectivity index is 1.26. The first-order valence-corrected chi connectivity index (χ1v) is 9.96. The quantitative estimate of drug-likeness (QED) is 0.839. The van der Waals surface area contributed by atoms with Crippen LogP contribution in [0.4, 0.5) is 0 Å². The van der Waals surface area contributed by atoms with Gasteiger partial charge in [-0.1, -0.05) is 0 Å². The van der Waals surface area contributed by atoms with Crippen LogP contribution in [-0.4, -0.2) is 35.0 Å². The number of hydrogen-bond donors (Lipinski definition) is 0. The summed E-state index contributed by atoms with van der Waals surface area (Å²) in [5.41, 5.74) is 0.484. The molecular formula is C21H25N3O2. The second-order valence-corrected chi connectivity index (χ2v) is 8.97. The van der Waals surface area contributed by atoms with E-state index in [1.165, 1.54) is 19.3 Å². The molecule has 0 aromatic carbocycles. The average Bonchev–Trinajstić information content (AvgIpc) is 3.08. The molecule has 5 aliphatic rings. The van der Waals surface area contributed by atoms with Gasteiger partial charge in [-0.15, -0.1) is 0 Å². The normalized spacial score (nSPS) is 37.6. The molecule has 5 nitrogen and oxygen atoms in total. The summed E-state index contributed by atoms with van der Waals surface area (Å²) < 4.78 is 5.96. The first kappa shape index (κ1) is 16.1. The third-order valence-electron chi connectivity index (χ3n) is 7.08. The van der Waals surface area contributed by atoms with E-state index < -0.39 is 0 Å². The molecule has 4 saturated carbocycles. The SMILES string of the molecule is N#Cc1ccnc(OC2CCN(C(=O)C34CC5CC(CC(C5)C3)C4)C2)c1. The van der Waals surface area contributed by atoms with E-state index in [2.05, 4.69) is 11.1 Å². The van der Waals surface area contributed by atoms with Crippen molar-refractivity contribution in [2.75, 3.05) is 13.1 Å². The Hall–Kier alpha value is -2.09. The predicted molar refractivity (Wildman–Crippen MR) is 95.2 cm³/mol. The molecule has 136 valence electrons. The van der Waals surface area contributed by atoms with Crippen LogP contribution in [0.2, 0.25) is 0 Å². The highest BCUT2D eigenvalue weighted by molar-refractivity contribution is 5.83. The lowest BCUT2D eigenvalue weighted by molar-refractivity contribution is -0.156. The minimum atomic E-state index is -0.0669. The summed E-state index contributed by atoms with van der Waals surface area (Å²) in [7, 11) is 0. The molecule has 4 bridgehead atoms. The van der Waals surface area contributed by atoms with Crippen molar-refractivity contribution in [3.63, 3.8) is 0 Å². The van der Waals surface area contributed by atoms with Gasteiger partial charge in [-0.25, -0.2) is 4.98 Å². The summed E-state index contributed by atoms with van der Waals surface area (Å²) >= 11 is 0. The number of carbonyl (C=O) groups excluding carboxylic acids is 1. The Morgan fingerprint density at radius 1 is 1.23 bits per heavy atom. The maximum absolute atomic E-state index is 13.4. The zero-order valence-corrected chi connectivity index (χ0v) is 15.1. The molecule has 6 rings (SSSR count). The van der Waals surface area contributed by atoms with E-state index in [1.807, 2.05) is 4.90 Å². The molecule has 0 N–H and O–H groups in total. The maximum Gasteiger partial charge on any atom is 0.228 e. The third kappa shape index (κ3) is 2.67. The van der Waals surface area contributed by atoms with Crippen molar-refractivity contribution in [2.45, 2.75) is 51.0 Å². The van der Waals surface area contributed by atoms with Gasteiger partial charge in [0, 0.05) is 25.2 Å². The molecule has 26 heavy (non-hydrogen) atoms. The third-order valence-corrected chi connectivity index (χ3v) is 7.08. The highest BCUT2D eigenvalue weighted by Crippen LogP contribution is 2.60. The average molecular weight is 351 g/mol. The van der Waals surface area contributed by atoms with Crippen LogP contribution in [0.25, 0.3) is 0 Å². The molecule has 4 aliphatic carbocycles. The second kappa shape index (κ2) is 5.97. The monoisotopic (exact) mass is 351 g/mol. The van der Waals surface area contributed by atoms with Crippen LogP contribution >= 0.6 is 0 Å². The van der Waals surface area contributed by atoms with Crippen LogP contribution in [0.5, 0.6) is 5.88 Å². The van der Waals surface area contributed by atoms with Crippen molar-refractivity contribution in [3.05, 3.63) is 23.9 Å². The van der Waals surface area contributed by atoms with Crippen LogP contribution in [0.1, 0.15) is 50.5 Å². The number of rotatable bonds is 3. The molecular weight excluding hydrogens is 326 g/mol. The molecule has 1 unspecified atom stereocenters. The van der Waals surface area contributed by atoms with E-state index in [9.17, 15) is 4.79 Å². The van der Waals surface area contributed by atoms with Gasteiger partial charge in [0.25, 0.3) is 0 Å². The summed E-state index contributed by atoms with van der Waals surface area (Å²) in [6, 6.07) is 5.45. The molecule has 1 saturated heterocycles. The Labute approximate surface area is 154 Å². The van der Waals surface area contributed by atoms with Crippen LogP contribution in [-0.2, 0) is 4.79 Å². The van der Waals surface area contributed by atoms with Crippen molar-refractivity contribution in [3.8, 4) is 11.9 Å². The number of pyridine rings is 1. The van der Waals surface area contributed by atoms with Crippen molar-refractivity contribution in [1.82, 2.24) is 9.88 Å². The topological polar surface area (TPSA) is 66.2 Å². The van der Waals surface area contributed by atoms with Crippen LogP contribution in [0, 0.1) is 34.5 Å². The van der Waals surface area contributed by atoms with Crippen LogP contribution in [0.15, 0.2) is 18.3 Å². The molecule has 0 radical (unpaired) electrons. The summed E-state index contributed by atoms with van der Waals surface area (Å²) in [5.74, 6) is 3.24.